The number of allylic oxidation sites excluding steroid dienone is 1. The molecule has 0 aromatic heterocycles. The van der Waals surface area contributed by atoms with Crippen LogP contribution in [0.4, 0.5) is 0 Å². The Morgan fingerprint density at radius 3 is 2.38 bits per heavy atom. The standard InChI is InChI=1S/C23H33N2O3P/c1-17(20-16-28-23(26)19(20)15-18-9-5-4-6-10-18)13-14-29(27)24(2)21-11-7-8-12-22(21)25(29)3/h4-6,9-10,13-14,17,19-22H,7-8,11-12,15-16H2,1-3H3/b14-13+/t17-,19-,20-,21+,22+/m0/s1. The average Bonchev–Trinajstić information content (AvgIpc) is 3.19. The lowest BCUT2D eigenvalue weighted by Crippen LogP contribution is -2.37. The van der Waals surface area contributed by atoms with Gasteiger partial charge in [0.15, 0.2) is 0 Å². The summed E-state index contributed by atoms with van der Waals surface area (Å²) >= 11 is 0. The Kier molecular flexibility index (Phi) is 6.02. The third kappa shape index (κ3) is 3.85. The SMILES string of the molecule is C[C@@H](/C=C/P1(=O)N(C)[C@@H]2CCCC[C@H]2N1C)[C@@H]1COC(=O)[C@H]1Cc1ccccc1. The average molecular weight is 417 g/mol. The Hall–Kier alpha value is -1.42. The molecule has 2 heterocycles. The van der Waals surface area contributed by atoms with Crippen molar-refractivity contribution in [1.82, 2.24) is 9.34 Å². The minimum atomic E-state index is -2.69. The van der Waals surface area contributed by atoms with Gasteiger partial charge in [0.05, 0.1) is 12.5 Å². The molecule has 0 unspecified atom stereocenters. The van der Waals surface area contributed by atoms with Crippen LogP contribution in [0.25, 0.3) is 0 Å². The highest BCUT2D eigenvalue weighted by molar-refractivity contribution is 7.62. The molecule has 1 aromatic rings. The maximum atomic E-state index is 13.9. The Balaban J connectivity index is 1.49. The summed E-state index contributed by atoms with van der Waals surface area (Å²) in [7, 11) is 1.34. The number of nitrogens with zero attached hydrogens (tertiary/aromatic N) is 2. The number of hydrogen-bond acceptors (Lipinski definition) is 3. The lowest BCUT2D eigenvalue weighted by atomic mass is 9.81. The molecule has 5 nitrogen and oxygen atoms in total. The van der Waals surface area contributed by atoms with E-state index in [1.54, 1.807) is 0 Å². The van der Waals surface area contributed by atoms with E-state index in [2.05, 4.69) is 34.5 Å². The molecule has 158 valence electrons. The van der Waals surface area contributed by atoms with Gasteiger partial charge in [0.2, 0.25) is 7.44 Å². The van der Waals surface area contributed by atoms with E-state index < -0.39 is 7.44 Å². The van der Waals surface area contributed by atoms with Crippen molar-refractivity contribution < 1.29 is 14.1 Å². The molecule has 3 aliphatic rings. The van der Waals surface area contributed by atoms with E-state index >= 15 is 0 Å². The molecule has 5 atom stereocenters. The first-order chi connectivity index (χ1) is 13.9. The highest BCUT2D eigenvalue weighted by Gasteiger charge is 2.50. The largest absolute Gasteiger partial charge is 0.465 e. The van der Waals surface area contributed by atoms with E-state index in [0.717, 1.165) is 18.4 Å². The summed E-state index contributed by atoms with van der Waals surface area (Å²) in [5.41, 5.74) is 1.16. The van der Waals surface area contributed by atoms with Gasteiger partial charge >= 0.3 is 5.97 Å². The number of hydrogen-bond donors (Lipinski definition) is 0. The zero-order valence-electron chi connectivity index (χ0n) is 17.7. The lowest BCUT2D eigenvalue weighted by Gasteiger charge is -2.28. The molecule has 6 heteroatoms. The van der Waals surface area contributed by atoms with Gasteiger partial charge in [-0.25, -0.2) is 9.34 Å². The normalized spacial score (nSPS) is 33.7. The van der Waals surface area contributed by atoms with Gasteiger partial charge < -0.3 is 4.74 Å². The molecule has 1 aromatic carbocycles. The number of benzene rings is 1. The van der Waals surface area contributed by atoms with Crippen LogP contribution in [0, 0.1) is 17.8 Å². The summed E-state index contributed by atoms with van der Waals surface area (Å²) < 4.78 is 23.5. The topological polar surface area (TPSA) is 49.9 Å². The maximum Gasteiger partial charge on any atom is 0.309 e. The van der Waals surface area contributed by atoms with Gasteiger partial charge in [0, 0.05) is 23.8 Å². The molecule has 2 aliphatic heterocycles. The fraction of sp³-hybridized carbons (Fsp3) is 0.609. The predicted octanol–water partition coefficient (Wildman–Crippen LogP) is 4.55. The van der Waals surface area contributed by atoms with Gasteiger partial charge in [0.25, 0.3) is 0 Å². The van der Waals surface area contributed by atoms with Crippen LogP contribution >= 0.6 is 7.44 Å². The fourth-order valence-electron chi connectivity index (χ4n) is 5.41. The molecule has 0 spiro atoms. The molecule has 4 rings (SSSR count). The van der Waals surface area contributed by atoms with Crippen molar-refractivity contribution in [3.63, 3.8) is 0 Å². The molecule has 2 saturated heterocycles. The first kappa shape index (κ1) is 20.8. The number of carbonyl (C=O) groups is 1. The van der Waals surface area contributed by atoms with Crippen molar-refractivity contribution in [3.05, 3.63) is 47.8 Å². The van der Waals surface area contributed by atoms with E-state index in [1.165, 1.54) is 12.8 Å². The van der Waals surface area contributed by atoms with E-state index in [4.69, 9.17) is 4.74 Å². The van der Waals surface area contributed by atoms with Crippen molar-refractivity contribution in [2.24, 2.45) is 17.8 Å². The number of likely N-dealkylation sites (N-methyl/N-ethyl adjacent to an activating group) is 2. The second-order valence-corrected chi connectivity index (χ2v) is 11.7. The van der Waals surface area contributed by atoms with E-state index in [0.29, 0.717) is 25.1 Å². The Bertz CT molecular complexity index is 790. The number of cyclic esters (lactones) is 1. The van der Waals surface area contributed by atoms with Crippen LogP contribution in [-0.2, 0) is 20.5 Å². The molecule has 0 bridgehead atoms. The number of carbonyl (C=O) groups excluding carboxylic acids is 1. The highest BCUT2D eigenvalue weighted by Crippen LogP contribution is 2.63. The highest BCUT2D eigenvalue weighted by atomic mass is 31.2. The van der Waals surface area contributed by atoms with Crippen molar-refractivity contribution in [2.45, 2.75) is 51.1 Å². The number of rotatable bonds is 5. The monoisotopic (exact) mass is 416 g/mol. The Morgan fingerprint density at radius 1 is 1.14 bits per heavy atom. The summed E-state index contributed by atoms with van der Waals surface area (Å²) in [5, 5.41) is 0. The number of fused-ring (bicyclic) bond motifs is 1. The van der Waals surface area contributed by atoms with Crippen LogP contribution in [0.5, 0.6) is 0 Å². The fourth-order valence-corrected chi connectivity index (χ4v) is 8.16. The van der Waals surface area contributed by atoms with Crippen molar-refractivity contribution in [1.29, 1.82) is 0 Å². The Morgan fingerprint density at radius 2 is 1.76 bits per heavy atom. The van der Waals surface area contributed by atoms with Crippen LogP contribution in [0.15, 0.2) is 42.2 Å². The Labute approximate surface area is 174 Å². The van der Waals surface area contributed by atoms with Crippen LogP contribution in [0.1, 0.15) is 38.2 Å². The minimum absolute atomic E-state index is 0.105. The van der Waals surface area contributed by atoms with Gasteiger partial charge in [0.1, 0.15) is 0 Å². The second kappa shape index (κ2) is 8.37. The summed E-state index contributed by atoms with van der Waals surface area (Å²) in [5.74, 6) is 1.95. The molecular weight excluding hydrogens is 383 g/mol. The molecule has 1 saturated carbocycles. The van der Waals surface area contributed by atoms with E-state index in [9.17, 15) is 9.36 Å². The molecular formula is C23H33N2O3P. The lowest BCUT2D eigenvalue weighted by molar-refractivity contribution is -0.141. The summed E-state index contributed by atoms with van der Waals surface area (Å²) in [6.45, 7) is 2.57. The van der Waals surface area contributed by atoms with Crippen molar-refractivity contribution in [3.8, 4) is 0 Å². The molecule has 3 fully saturated rings. The third-order valence-electron chi connectivity index (χ3n) is 7.35. The first-order valence-electron chi connectivity index (χ1n) is 10.9. The van der Waals surface area contributed by atoms with Gasteiger partial charge in [-0.15, -0.1) is 0 Å². The third-order valence-corrected chi connectivity index (χ3v) is 10.3. The zero-order chi connectivity index (χ0) is 20.6. The van der Waals surface area contributed by atoms with Gasteiger partial charge in [-0.2, -0.15) is 0 Å². The molecule has 29 heavy (non-hydrogen) atoms. The van der Waals surface area contributed by atoms with Gasteiger partial charge in [-0.3, -0.25) is 9.36 Å². The summed E-state index contributed by atoms with van der Waals surface area (Å²) in [6.07, 6.45) is 7.48. The van der Waals surface area contributed by atoms with E-state index in [1.807, 2.05) is 38.1 Å². The van der Waals surface area contributed by atoms with E-state index in [-0.39, 0.29) is 23.7 Å². The maximum absolute atomic E-state index is 13.9. The van der Waals surface area contributed by atoms with Gasteiger partial charge in [-0.1, -0.05) is 56.2 Å². The zero-order valence-corrected chi connectivity index (χ0v) is 18.6. The quantitative estimate of drug-likeness (QED) is 0.521. The van der Waals surface area contributed by atoms with Crippen molar-refractivity contribution >= 4 is 13.4 Å². The molecule has 0 amide bonds. The van der Waals surface area contributed by atoms with Gasteiger partial charge in [-0.05, 0) is 44.8 Å². The smallest absolute Gasteiger partial charge is 0.309 e. The first-order valence-corrected chi connectivity index (χ1v) is 12.6. The van der Waals surface area contributed by atoms with Crippen LogP contribution < -0.4 is 0 Å². The minimum Gasteiger partial charge on any atom is -0.465 e. The van der Waals surface area contributed by atoms with Crippen molar-refractivity contribution in [2.75, 3.05) is 20.7 Å². The second-order valence-electron chi connectivity index (χ2n) is 8.95. The molecule has 0 radical (unpaired) electrons. The molecule has 1 aliphatic carbocycles. The van der Waals surface area contributed by atoms with Crippen LogP contribution in [0.3, 0.4) is 0 Å². The summed E-state index contributed by atoms with van der Waals surface area (Å²) in [4.78, 5) is 12.4. The molecule has 0 N–H and O–H groups in total. The number of esters is 1. The van der Waals surface area contributed by atoms with Crippen LogP contribution in [-0.4, -0.2) is 48.1 Å². The predicted molar refractivity (Wildman–Crippen MR) is 116 cm³/mol. The summed E-state index contributed by atoms with van der Waals surface area (Å²) in [6, 6.07) is 10.9. The van der Waals surface area contributed by atoms with Crippen LogP contribution in [0.2, 0.25) is 0 Å². The number of ether oxygens (including phenoxy) is 1.